The number of rotatable bonds is 5. The molecule has 0 spiro atoms. The molecule has 3 rings (SSSR count). The Morgan fingerprint density at radius 1 is 1.18 bits per heavy atom. The van der Waals surface area contributed by atoms with Gasteiger partial charge in [-0.05, 0) is 30.4 Å². The molecule has 0 saturated carbocycles. The largest absolute Gasteiger partial charge is 0.496 e. The maximum Gasteiger partial charge on any atom is 0.308 e. The van der Waals surface area contributed by atoms with Crippen LogP contribution in [0.25, 0.3) is 10.8 Å². The number of likely N-dealkylation sites (tertiary alicyclic amines) is 1. The molecule has 2 amide bonds. The van der Waals surface area contributed by atoms with Crippen molar-refractivity contribution in [3.63, 3.8) is 0 Å². The van der Waals surface area contributed by atoms with Crippen molar-refractivity contribution in [2.45, 2.75) is 12.8 Å². The van der Waals surface area contributed by atoms with Crippen LogP contribution in [0, 0.1) is 5.92 Å². The molecule has 1 atom stereocenters. The molecule has 1 saturated heterocycles. The Hall–Kier alpha value is -3.09. The van der Waals surface area contributed by atoms with E-state index >= 15 is 0 Å². The maximum absolute atomic E-state index is 13.0. The highest BCUT2D eigenvalue weighted by molar-refractivity contribution is 6.09. The zero-order valence-electron chi connectivity index (χ0n) is 16.1. The number of methoxy groups -OCH3 is 1. The number of piperidine rings is 1. The second-order valence-electron chi connectivity index (χ2n) is 7.04. The molecule has 1 fully saturated rings. The van der Waals surface area contributed by atoms with E-state index in [1.165, 1.54) is 9.80 Å². The summed E-state index contributed by atoms with van der Waals surface area (Å²) in [5.74, 6) is -1.24. The van der Waals surface area contributed by atoms with Crippen molar-refractivity contribution in [2.75, 3.05) is 33.8 Å². The van der Waals surface area contributed by atoms with Crippen molar-refractivity contribution < 1.29 is 24.2 Å². The normalized spacial score (nSPS) is 16.6. The molecule has 7 nitrogen and oxygen atoms in total. The van der Waals surface area contributed by atoms with Crippen molar-refractivity contribution in [1.29, 1.82) is 0 Å². The fourth-order valence-corrected chi connectivity index (χ4v) is 3.62. The van der Waals surface area contributed by atoms with Crippen LogP contribution in [0.3, 0.4) is 0 Å². The van der Waals surface area contributed by atoms with Crippen LogP contribution >= 0.6 is 0 Å². The van der Waals surface area contributed by atoms with Crippen LogP contribution in [-0.2, 0) is 9.59 Å². The van der Waals surface area contributed by atoms with Gasteiger partial charge in [0, 0.05) is 31.1 Å². The van der Waals surface area contributed by atoms with Gasteiger partial charge in [-0.15, -0.1) is 0 Å². The minimum atomic E-state index is -0.883. The zero-order valence-corrected chi connectivity index (χ0v) is 16.1. The standard InChI is InChI=1S/C21H24N2O5/c1-22(13-19(24)23-11-5-6-14(12-23)21(26)27)20(25)17-9-10-18(28-2)16-8-4-3-7-15(16)17/h3-4,7-10,14H,5-6,11-13H2,1-2H3,(H,26,27). The van der Waals surface area contributed by atoms with E-state index < -0.39 is 11.9 Å². The fourth-order valence-electron chi connectivity index (χ4n) is 3.62. The number of carbonyl (C=O) groups excluding carboxylic acids is 2. The summed E-state index contributed by atoms with van der Waals surface area (Å²) in [6, 6.07) is 10.9. The van der Waals surface area contributed by atoms with E-state index in [0.717, 1.165) is 10.8 Å². The highest BCUT2D eigenvalue weighted by atomic mass is 16.5. The van der Waals surface area contributed by atoms with Gasteiger partial charge in [0.1, 0.15) is 5.75 Å². The van der Waals surface area contributed by atoms with Gasteiger partial charge in [-0.25, -0.2) is 0 Å². The van der Waals surface area contributed by atoms with Crippen molar-refractivity contribution in [3.8, 4) is 5.75 Å². The third kappa shape index (κ3) is 3.93. The van der Waals surface area contributed by atoms with Gasteiger partial charge >= 0.3 is 5.97 Å². The highest BCUT2D eigenvalue weighted by Gasteiger charge is 2.29. The number of hydrogen-bond acceptors (Lipinski definition) is 4. The lowest BCUT2D eigenvalue weighted by atomic mass is 9.98. The van der Waals surface area contributed by atoms with E-state index in [0.29, 0.717) is 30.7 Å². The van der Waals surface area contributed by atoms with Crippen molar-refractivity contribution >= 4 is 28.6 Å². The van der Waals surface area contributed by atoms with Crippen molar-refractivity contribution in [3.05, 3.63) is 42.0 Å². The Labute approximate surface area is 163 Å². The monoisotopic (exact) mass is 384 g/mol. The third-order valence-electron chi connectivity index (χ3n) is 5.18. The van der Waals surface area contributed by atoms with Crippen LogP contribution in [-0.4, -0.2) is 66.5 Å². The Bertz CT molecular complexity index is 911. The molecule has 1 N–H and O–H groups in total. The summed E-state index contributed by atoms with van der Waals surface area (Å²) in [4.78, 5) is 39.7. The topological polar surface area (TPSA) is 87.2 Å². The summed E-state index contributed by atoms with van der Waals surface area (Å²) in [7, 11) is 3.16. The lowest BCUT2D eigenvalue weighted by molar-refractivity contribution is -0.145. The van der Waals surface area contributed by atoms with Gasteiger partial charge in [-0.3, -0.25) is 14.4 Å². The summed E-state index contributed by atoms with van der Waals surface area (Å²) < 4.78 is 5.36. The van der Waals surface area contributed by atoms with Crippen LogP contribution in [0.4, 0.5) is 0 Å². The lowest BCUT2D eigenvalue weighted by Gasteiger charge is -2.32. The zero-order chi connectivity index (χ0) is 20.3. The number of ether oxygens (including phenoxy) is 1. The smallest absolute Gasteiger partial charge is 0.308 e. The number of nitrogens with zero attached hydrogens (tertiary/aromatic N) is 2. The number of carboxylic acid groups (broad SMARTS) is 1. The molecule has 0 radical (unpaired) electrons. The molecular weight excluding hydrogens is 360 g/mol. The van der Waals surface area contributed by atoms with Gasteiger partial charge < -0.3 is 19.6 Å². The van der Waals surface area contributed by atoms with E-state index in [1.807, 2.05) is 24.3 Å². The highest BCUT2D eigenvalue weighted by Crippen LogP contribution is 2.29. The van der Waals surface area contributed by atoms with E-state index in [-0.39, 0.29) is 24.9 Å². The van der Waals surface area contributed by atoms with E-state index in [1.54, 1.807) is 26.3 Å². The van der Waals surface area contributed by atoms with E-state index in [9.17, 15) is 19.5 Å². The van der Waals surface area contributed by atoms with Crippen LogP contribution < -0.4 is 4.74 Å². The molecule has 0 aliphatic carbocycles. The maximum atomic E-state index is 13.0. The molecule has 1 heterocycles. The molecule has 2 aromatic rings. The first-order valence-corrected chi connectivity index (χ1v) is 9.24. The minimum Gasteiger partial charge on any atom is -0.496 e. The van der Waals surface area contributed by atoms with Gasteiger partial charge in [0.15, 0.2) is 0 Å². The number of fused-ring (bicyclic) bond motifs is 1. The molecule has 7 heteroatoms. The number of amides is 2. The fraction of sp³-hybridized carbons (Fsp3) is 0.381. The number of aliphatic carboxylic acids is 1. The van der Waals surface area contributed by atoms with Crippen LogP contribution in [0.15, 0.2) is 36.4 Å². The first kappa shape index (κ1) is 19.7. The molecule has 1 unspecified atom stereocenters. The molecule has 0 aromatic heterocycles. The number of carbonyl (C=O) groups is 3. The van der Waals surface area contributed by atoms with Gasteiger partial charge in [0.25, 0.3) is 5.91 Å². The second kappa shape index (κ2) is 8.29. The SMILES string of the molecule is COc1ccc(C(=O)N(C)CC(=O)N2CCCC(C(=O)O)C2)c2ccccc12. The predicted octanol–water partition coefficient (Wildman–Crippen LogP) is 2.24. The van der Waals surface area contributed by atoms with Gasteiger partial charge in [0.05, 0.1) is 19.6 Å². The average Bonchev–Trinajstić information content (AvgIpc) is 2.72. The summed E-state index contributed by atoms with van der Waals surface area (Å²) in [6.45, 7) is 0.628. The lowest BCUT2D eigenvalue weighted by Crippen LogP contribution is -2.46. The van der Waals surface area contributed by atoms with Gasteiger partial charge in [0.2, 0.25) is 5.91 Å². The van der Waals surface area contributed by atoms with E-state index in [2.05, 4.69) is 0 Å². The number of likely N-dealkylation sites (N-methyl/N-ethyl adjacent to an activating group) is 1. The first-order chi connectivity index (χ1) is 13.4. The summed E-state index contributed by atoms with van der Waals surface area (Å²) in [6.07, 6.45) is 1.23. The minimum absolute atomic E-state index is 0.0917. The quantitative estimate of drug-likeness (QED) is 0.854. The Balaban J connectivity index is 1.75. The van der Waals surface area contributed by atoms with Crippen molar-refractivity contribution in [1.82, 2.24) is 9.80 Å². The molecule has 28 heavy (non-hydrogen) atoms. The Morgan fingerprint density at radius 2 is 1.89 bits per heavy atom. The number of hydrogen-bond donors (Lipinski definition) is 1. The Kier molecular flexibility index (Phi) is 5.82. The van der Waals surface area contributed by atoms with Crippen LogP contribution in [0.5, 0.6) is 5.75 Å². The van der Waals surface area contributed by atoms with Crippen LogP contribution in [0.1, 0.15) is 23.2 Å². The Morgan fingerprint density at radius 3 is 2.57 bits per heavy atom. The first-order valence-electron chi connectivity index (χ1n) is 9.24. The third-order valence-corrected chi connectivity index (χ3v) is 5.18. The number of benzene rings is 2. The molecule has 2 aromatic carbocycles. The molecule has 1 aliphatic heterocycles. The molecule has 1 aliphatic rings. The summed E-state index contributed by atoms with van der Waals surface area (Å²) >= 11 is 0. The molecule has 148 valence electrons. The predicted molar refractivity (Wildman–Crippen MR) is 104 cm³/mol. The van der Waals surface area contributed by atoms with Crippen LogP contribution in [0.2, 0.25) is 0 Å². The molecule has 0 bridgehead atoms. The van der Waals surface area contributed by atoms with Gasteiger partial charge in [-0.1, -0.05) is 24.3 Å². The second-order valence-corrected chi connectivity index (χ2v) is 7.04. The van der Waals surface area contributed by atoms with Crippen molar-refractivity contribution in [2.24, 2.45) is 5.92 Å². The molecular formula is C21H24N2O5. The summed E-state index contributed by atoms with van der Waals surface area (Å²) in [5.41, 5.74) is 0.494. The summed E-state index contributed by atoms with van der Waals surface area (Å²) in [5, 5.41) is 10.8. The van der Waals surface area contributed by atoms with E-state index in [4.69, 9.17) is 4.74 Å². The average molecular weight is 384 g/mol. The van der Waals surface area contributed by atoms with Gasteiger partial charge in [-0.2, -0.15) is 0 Å². The number of carboxylic acids is 1.